The zero-order chi connectivity index (χ0) is 25.4. The summed E-state index contributed by atoms with van der Waals surface area (Å²) in [5.74, 6) is 0.511. The van der Waals surface area contributed by atoms with Crippen LogP contribution in [0.1, 0.15) is 62.9 Å². The summed E-state index contributed by atoms with van der Waals surface area (Å²) in [6.45, 7) is 9.46. The molecule has 0 aliphatic carbocycles. The second kappa shape index (κ2) is 11.9. The molecule has 35 heavy (non-hydrogen) atoms. The van der Waals surface area contributed by atoms with Crippen LogP contribution >= 0.6 is 0 Å². The van der Waals surface area contributed by atoms with Gasteiger partial charge in [-0.05, 0) is 76.1 Å². The van der Waals surface area contributed by atoms with Gasteiger partial charge in [0.1, 0.15) is 11.4 Å². The standard InChI is InChI=1S/C27H37N3O5/c1-5-6-15-34-23-10-7-19(8-11-23)25(32)28-21-9-12-24(20(16-21)18-31)30-14-13-22(17-30)29-26(33)35-27(2,3)4/h7-12,16,22,31H,5-6,13-15,17-18H2,1-4H3,(H,28,32)(H,29,33). The number of amides is 2. The lowest BCUT2D eigenvalue weighted by molar-refractivity contribution is 0.0509. The molecule has 1 unspecified atom stereocenters. The van der Waals surface area contributed by atoms with E-state index < -0.39 is 11.7 Å². The second-order valence-electron chi connectivity index (χ2n) is 9.76. The number of aliphatic hydroxyl groups excluding tert-OH is 1. The van der Waals surface area contributed by atoms with Gasteiger partial charge in [0.2, 0.25) is 0 Å². The lowest BCUT2D eigenvalue weighted by Crippen LogP contribution is -2.40. The van der Waals surface area contributed by atoms with Gasteiger partial charge in [0, 0.05) is 35.6 Å². The maximum Gasteiger partial charge on any atom is 0.407 e. The molecule has 2 aromatic rings. The van der Waals surface area contributed by atoms with E-state index in [2.05, 4.69) is 22.5 Å². The van der Waals surface area contributed by atoms with Crippen LogP contribution < -0.4 is 20.3 Å². The first-order valence-corrected chi connectivity index (χ1v) is 12.2. The number of aliphatic hydroxyl groups is 1. The van der Waals surface area contributed by atoms with Gasteiger partial charge < -0.3 is 30.1 Å². The summed E-state index contributed by atoms with van der Waals surface area (Å²) >= 11 is 0. The number of benzene rings is 2. The predicted octanol–water partition coefficient (Wildman–Crippen LogP) is 4.71. The zero-order valence-electron chi connectivity index (χ0n) is 21.1. The molecule has 1 saturated heterocycles. The number of rotatable bonds is 9. The molecule has 0 radical (unpaired) electrons. The SMILES string of the molecule is CCCCOc1ccc(C(=O)Nc2ccc(N3CCC(NC(=O)OC(C)(C)C)C3)c(CO)c2)cc1. The number of unbranched alkanes of at least 4 members (excludes halogenated alkanes) is 1. The molecular weight excluding hydrogens is 446 g/mol. The summed E-state index contributed by atoms with van der Waals surface area (Å²) in [4.78, 5) is 26.9. The van der Waals surface area contributed by atoms with E-state index in [4.69, 9.17) is 9.47 Å². The molecule has 1 fully saturated rings. The third kappa shape index (κ3) is 7.89. The number of nitrogens with zero attached hydrogens (tertiary/aromatic N) is 1. The normalized spacial score (nSPS) is 15.6. The Morgan fingerprint density at radius 1 is 1.14 bits per heavy atom. The molecule has 1 heterocycles. The predicted molar refractivity (Wildman–Crippen MR) is 137 cm³/mol. The van der Waals surface area contributed by atoms with Gasteiger partial charge in [-0.1, -0.05) is 13.3 Å². The third-order valence-electron chi connectivity index (χ3n) is 5.64. The van der Waals surface area contributed by atoms with Crippen LogP contribution in [0.2, 0.25) is 0 Å². The Hall–Kier alpha value is -3.26. The van der Waals surface area contributed by atoms with Crippen molar-refractivity contribution in [3.8, 4) is 5.75 Å². The Bertz CT molecular complexity index is 1000. The highest BCUT2D eigenvalue weighted by molar-refractivity contribution is 6.04. The van der Waals surface area contributed by atoms with Crippen molar-refractivity contribution < 1.29 is 24.2 Å². The molecule has 1 aliphatic heterocycles. The van der Waals surface area contributed by atoms with Crippen LogP contribution in [0.3, 0.4) is 0 Å². The van der Waals surface area contributed by atoms with Crippen LogP contribution in [0.15, 0.2) is 42.5 Å². The minimum atomic E-state index is -0.544. The van der Waals surface area contributed by atoms with Crippen molar-refractivity contribution in [3.63, 3.8) is 0 Å². The van der Waals surface area contributed by atoms with Crippen molar-refractivity contribution in [2.24, 2.45) is 0 Å². The molecule has 0 aromatic heterocycles. The van der Waals surface area contributed by atoms with Crippen LogP contribution in [0, 0.1) is 0 Å². The minimum Gasteiger partial charge on any atom is -0.494 e. The zero-order valence-corrected chi connectivity index (χ0v) is 21.1. The van der Waals surface area contributed by atoms with Crippen molar-refractivity contribution in [3.05, 3.63) is 53.6 Å². The summed E-state index contributed by atoms with van der Waals surface area (Å²) in [6.07, 6.45) is 2.41. The van der Waals surface area contributed by atoms with Gasteiger partial charge in [-0.3, -0.25) is 4.79 Å². The topological polar surface area (TPSA) is 100 Å². The quantitative estimate of drug-likeness (QED) is 0.447. The largest absolute Gasteiger partial charge is 0.494 e. The number of nitrogens with one attached hydrogen (secondary N) is 2. The molecule has 8 nitrogen and oxygen atoms in total. The maximum atomic E-state index is 12.7. The number of hydrogen-bond acceptors (Lipinski definition) is 6. The van der Waals surface area contributed by atoms with E-state index in [1.807, 2.05) is 32.9 Å². The van der Waals surface area contributed by atoms with Crippen molar-refractivity contribution in [1.82, 2.24) is 5.32 Å². The number of alkyl carbamates (subject to hydrolysis) is 1. The van der Waals surface area contributed by atoms with Gasteiger partial charge in [0.05, 0.1) is 19.3 Å². The average Bonchev–Trinajstić information content (AvgIpc) is 3.26. The van der Waals surface area contributed by atoms with Gasteiger partial charge in [-0.2, -0.15) is 0 Å². The van der Waals surface area contributed by atoms with Crippen molar-refractivity contribution in [2.75, 3.05) is 29.9 Å². The van der Waals surface area contributed by atoms with Gasteiger partial charge in [0.15, 0.2) is 0 Å². The minimum absolute atomic E-state index is 0.0373. The van der Waals surface area contributed by atoms with Crippen molar-refractivity contribution in [1.29, 1.82) is 0 Å². The number of hydrogen-bond donors (Lipinski definition) is 3. The van der Waals surface area contributed by atoms with E-state index in [1.165, 1.54) is 0 Å². The third-order valence-corrected chi connectivity index (χ3v) is 5.64. The molecule has 2 amide bonds. The Morgan fingerprint density at radius 2 is 1.89 bits per heavy atom. The fourth-order valence-electron chi connectivity index (χ4n) is 3.91. The number of carbonyl (C=O) groups excluding carboxylic acids is 2. The van der Waals surface area contributed by atoms with E-state index in [-0.39, 0.29) is 18.6 Å². The van der Waals surface area contributed by atoms with Crippen LogP contribution in [-0.4, -0.2) is 48.4 Å². The fraction of sp³-hybridized carbons (Fsp3) is 0.481. The number of ether oxygens (including phenoxy) is 2. The molecule has 0 bridgehead atoms. The summed E-state index contributed by atoms with van der Waals surface area (Å²) in [7, 11) is 0. The van der Waals surface area contributed by atoms with E-state index in [0.717, 1.165) is 37.2 Å². The molecule has 1 aliphatic rings. The van der Waals surface area contributed by atoms with Crippen LogP contribution in [0.5, 0.6) is 5.75 Å². The highest BCUT2D eigenvalue weighted by atomic mass is 16.6. The molecular formula is C27H37N3O5. The van der Waals surface area contributed by atoms with E-state index in [9.17, 15) is 14.7 Å². The fourth-order valence-corrected chi connectivity index (χ4v) is 3.91. The highest BCUT2D eigenvalue weighted by Gasteiger charge is 2.27. The molecule has 1 atom stereocenters. The maximum absolute atomic E-state index is 12.7. The van der Waals surface area contributed by atoms with E-state index in [0.29, 0.717) is 30.0 Å². The van der Waals surface area contributed by atoms with Gasteiger partial charge >= 0.3 is 6.09 Å². The summed E-state index contributed by atoms with van der Waals surface area (Å²) in [6, 6.07) is 12.5. The number of carbonyl (C=O) groups is 2. The molecule has 3 N–H and O–H groups in total. The average molecular weight is 484 g/mol. The monoisotopic (exact) mass is 483 g/mol. The lowest BCUT2D eigenvalue weighted by Gasteiger charge is -2.24. The number of anilines is 2. The Balaban J connectivity index is 1.59. The smallest absolute Gasteiger partial charge is 0.407 e. The van der Waals surface area contributed by atoms with Crippen LogP contribution in [0.4, 0.5) is 16.2 Å². The molecule has 190 valence electrons. The summed E-state index contributed by atoms with van der Waals surface area (Å²) < 4.78 is 11.0. The van der Waals surface area contributed by atoms with Crippen LogP contribution in [0.25, 0.3) is 0 Å². The first-order chi connectivity index (χ1) is 16.7. The van der Waals surface area contributed by atoms with Crippen molar-refractivity contribution in [2.45, 2.75) is 65.2 Å². The van der Waals surface area contributed by atoms with Gasteiger partial charge in [-0.15, -0.1) is 0 Å². The van der Waals surface area contributed by atoms with Gasteiger partial charge in [-0.25, -0.2) is 4.79 Å². The first-order valence-electron chi connectivity index (χ1n) is 12.2. The molecule has 0 spiro atoms. The van der Waals surface area contributed by atoms with E-state index in [1.54, 1.807) is 30.3 Å². The summed E-state index contributed by atoms with van der Waals surface area (Å²) in [5.41, 5.74) is 2.18. The second-order valence-corrected chi connectivity index (χ2v) is 9.76. The van der Waals surface area contributed by atoms with Crippen molar-refractivity contribution >= 4 is 23.4 Å². The van der Waals surface area contributed by atoms with Gasteiger partial charge in [0.25, 0.3) is 5.91 Å². The first kappa shape index (κ1) is 26.3. The molecule has 2 aromatic carbocycles. The molecule has 3 rings (SSSR count). The molecule has 8 heteroatoms. The molecule has 0 saturated carbocycles. The Morgan fingerprint density at radius 3 is 2.54 bits per heavy atom. The lowest BCUT2D eigenvalue weighted by atomic mass is 10.1. The van der Waals surface area contributed by atoms with Crippen LogP contribution in [-0.2, 0) is 11.3 Å². The van der Waals surface area contributed by atoms with E-state index >= 15 is 0 Å². The Labute approximate surface area is 207 Å². The Kier molecular flexibility index (Phi) is 8.98. The summed E-state index contributed by atoms with van der Waals surface area (Å²) in [5, 5.41) is 15.8. The highest BCUT2D eigenvalue weighted by Crippen LogP contribution is 2.28.